The van der Waals surface area contributed by atoms with Crippen LogP contribution >= 0.6 is 0 Å². The van der Waals surface area contributed by atoms with Gasteiger partial charge in [-0.15, -0.1) is 0 Å². The molecule has 0 aromatic heterocycles. The molecule has 17 heavy (non-hydrogen) atoms. The second-order valence-corrected chi connectivity index (χ2v) is 4.20. The van der Waals surface area contributed by atoms with E-state index in [1.807, 2.05) is 11.8 Å². The number of nitrogens with one attached hydrogen (secondary N) is 2. The largest absolute Gasteiger partial charge is 0.469 e. The predicted octanol–water partition coefficient (Wildman–Crippen LogP) is -1.04. The molecule has 0 radical (unpaired) electrons. The fourth-order valence-corrected chi connectivity index (χ4v) is 2.10. The first-order chi connectivity index (χ1) is 8.10. The standard InChI is InChI=1S/C11H21N3O3/c1-8(6-10(15)17-3)14-5-4-13-7-9(14)11(16)12-2/h8-9,13H,4-7H2,1-3H3,(H,12,16). The van der Waals surface area contributed by atoms with Crippen LogP contribution in [0.3, 0.4) is 0 Å². The van der Waals surface area contributed by atoms with Crippen molar-refractivity contribution in [3.05, 3.63) is 0 Å². The molecule has 98 valence electrons. The van der Waals surface area contributed by atoms with E-state index >= 15 is 0 Å². The molecule has 0 bridgehead atoms. The van der Waals surface area contributed by atoms with Crippen LogP contribution in [0.4, 0.5) is 0 Å². The number of piperazine rings is 1. The lowest BCUT2D eigenvalue weighted by atomic mass is 10.1. The highest BCUT2D eigenvalue weighted by molar-refractivity contribution is 5.82. The second kappa shape index (κ2) is 6.56. The molecule has 1 aliphatic rings. The minimum atomic E-state index is -0.244. The Bertz CT molecular complexity index is 283. The number of rotatable bonds is 4. The second-order valence-electron chi connectivity index (χ2n) is 4.20. The van der Waals surface area contributed by atoms with Crippen LogP contribution in [0.25, 0.3) is 0 Å². The lowest BCUT2D eigenvalue weighted by Gasteiger charge is -2.38. The number of nitrogens with zero attached hydrogens (tertiary/aromatic N) is 1. The highest BCUT2D eigenvalue weighted by Gasteiger charge is 2.31. The van der Waals surface area contributed by atoms with Gasteiger partial charge in [-0.2, -0.15) is 0 Å². The zero-order valence-electron chi connectivity index (χ0n) is 10.7. The van der Waals surface area contributed by atoms with E-state index < -0.39 is 0 Å². The van der Waals surface area contributed by atoms with Crippen LogP contribution in [0.2, 0.25) is 0 Å². The SMILES string of the molecule is CNC(=O)C1CNCCN1C(C)CC(=O)OC. The lowest BCUT2D eigenvalue weighted by Crippen LogP contribution is -2.60. The number of hydrogen-bond acceptors (Lipinski definition) is 5. The van der Waals surface area contributed by atoms with Gasteiger partial charge in [-0.3, -0.25) is 14.5 Å². The number of methoxy groups -OCH3 is 1. The van der Waals surface area contributed by atoms with E-state index in [2.05, 4.69) is 15.4 Å². The summed E-state index contributed by atoms with van der Waals surface area (Å²) < 4.78 is 4.65. The van der Waals surface area contributed by atoms with Gasteiger partial charge in [0.05, 0.1) is 13.5 Å². The molecular formula is C11H21N3O3. The fraction of sp³-hybridized carbons (Fsp3) is 0.818. The molecule has 0 aromatic carbocycles. The minimum Gasteiger partial charge on any atom is -0.469 e. The third-order valence-electron chi connectivity index (χ3n) is 3.09. The Hall–Kier alpha value is -1.14. The molecule has 0 aliphatic carbocycles. The van der Waals surface area contributed by atoms with Crippen LogP contribution in [0, 0.1) is 0 Å². The van der Waals surface area contributed by atoms with Crippen molar-refractivity contribution in [2.75, 3.05) is 33.8 Å². The number of esters is 1. The van der Waals surface area contributed by atoms with Gasteiger partial charge in [0.1, 0.15) is 6.04 Å². The molecule has 2 atom stereocenters. The first kappa shape index (κ1) is 13.9. The molecule has 0 saturated carbocycles. The molecule has 0 spiro atoms. The summed E-state index contributed by atoms with van der Waals surface area (Å²) in [6.07, 6.45) is 0.310. The van der Waals surface area contributed by atoms with Crippen LogP contribution in [0.5, 0.6) is 0 Å². The predicted molar refractivity (Wildman–Crippen MR) is 63.5 cm³/mol. The zero-order valence-corrected chi connectivity index (χ0v) is 10.7. The summed E-state index contributed by atoms with van der Waals surface area (Å²) in [4.78, 5) is 25.0. The van der Waals surface area contributed by atoms with Crippen molar-refractivity contribution in [2.45, 2.75) is 25.4 Å². The summed E-state index contributed by atoms with van der Waals surface area (Å²) in [6.45, 7) is 4.15. The van der Waals surface area contributed by atoms with Crippen molar-refractivity contribution in [3.8, 4) is 0 Å². The summed E-state index contributed by atoms with van der Waals surface area (Å²) in [5.74, 6) is -0.263. The van der Waals surface area contributed by atoms with Gasteiger partial charge in [0.2, 0.25) is 5.91 Å². The van der Waals surface area contributed by atoms with Crippen LogP contribution in [-0.4, -0.2) is 62.7 Å². The number of carbonyl (C=O) groups is 2. The Morgan fingerprint density at radius 2 is 2.29 bits per heavy atom. The normalized spacial score (nSPS) is 22.9. The highest BCUT2D eigenvalue weighted by Crippen LogP contribution is 2.12. The number of ether oxygens (including phenoxy) is 1. The molecule has 6 nitrogen and oxygen atoms in total. The molecule has 2 N–H and O–H groups in total. The third kappa shape index (κ3) is 3.67. The molecule has 1 heterocycles. The highest BCUT2D eigenvalue weighted by atomic mass is 16.5. The van der Waals surface area contributed by atoms with Crippen molar-refractivity contribution in [1.29, 1.82) is 0 Å². The molecule has 1 fully saturated rings. The Kier molecular flexibility index (Phi) is 5.37. The Balaban J connectivity index is 2.63. The lowest BCUT2D eigenvalue weighted by molar-refractivity contribution is -0.143. The van der Waals surface area contributed by atoms with Gasteiger partial charge in [0.25, 0.3) is 0 Å². The van der Waals surface area contributed by atoms with E-state index in [0.717, 1.165) is 13.1 Å². The molecule has 1 aliphatic heterocycles. The van der Waals surface area contributed by atoms with E-state index in [0.29, 0.717) is 13.0 Å². The van der Waals surface area contributed by atoms with Gasteiger partial charge in [-0.05, 0) is 6.92 Å². The first-order valence-corrected chi connectivity index (χ1v) is 5.85. The number of carbonyl (C=O) groups excluding carboxylic acids is 2. The summed E-state index contributed by atoms with van der Waals surface area (Å²) in [7, 11) is 3.00. The molecular weight excluding hydrogens is 222 g/mol. The van der Waals surface area contributed by atoms with Gasteiger partial charge in [0, 0.05) is 32.7 Å². The summed E-state index contributed by atoms with van der Waals surface area (Å²) in [6, 6.07) is -0.208. The Morgan fingerprint density at radius 1 is 1.59 bits per heavy atom. The summed E-state index contributed by atoms with van der Waals surface area (Å²) in [5, 5.41) is 5.83. The van der Waals surface area contributed by atoms with Crippen molar-refractivity contribution in [2.24, 2.45) is 0 Å². The number of hydrogen-bond donors (Lipinski definition) is 2. The van der Waals surface area contributed by atoms with E-state index in [4.69, 9.17) is 0 Å². The monoisotopic (exact) mass is 243 g/mol. The Labute approximate surface area is 102 Å². The average molecular weight is 243 g/mol. The van der Waals surface area contributed by atoms with Gasteiger partial charge >= 0.3 is 5.97 Å². The van der Waals surface area contributed by atoms with Crippen LogP contribution in [-0.2, 0) is 14.3 Å². The topological polar surface area (TPSA) is 70.7 Å². The van der Waals surface area contributed by atoms with Gasteiger partial charge in [-0.25, -0.2) is 0 Å². The van der Waals surface area contributed by atoms with Crippen LogP contribution in [0.15, 0.2) is 0 Å². The minimum absolute atomic E-state index is 0.00634. The zero-order chi connectivity index (χ0) is 12.8. The van der Waals surface area contributed by atoms with Crippen molar-refractivity contribution in [1.82, 2.24) is 15.5 Å². The van der Waals surface area contributed by atoms with Crippen molar-refractivity contribution in [3.63, 3.8) is 0 Å². The van der Waals surface area contributed by atoms with E-state index in [-0.39, 0.29) is 24.0 Å². The molecule has 1 rings (SSSR count). The quantitative estimate of drug-likeness (QED) is 0.617. The number of likely N-dealkylation sites (N-methyl/N-ethyl adjacent to an activating group) is 1. The third-order valence-corrected chi connectivity index (χ3v) is 3.09. The molecule has 1 saturated heterocycles. The van der Waals surface area contributed by atoms with Gasteiger partial charge in [-0.1, -0.05) is 0 Å². The summed E-state index contributed by atoms with van der Waals surface area (Å²) in [5.41, 5.74) is 0. The maximum atomic E-state index is 11.7. The van der Waals surface area contributed by atoms with Gasteiger partial charge < -0.3 is 15.4 Å². The number of amides is 1. The maximum absolute atomic E-state index is 11.7. The Morgan fingerprint density at radius 3 is 2.88 bits per heavy atom. The van der Waals surface area contributed by atoms with Crippen molar-refractivity contribution >= 4 is 11.9 Å². The molecule has 2 unspecified atom stereocenters. The molecule has 0 aromatic rings. The van der Waals surface area contributed by atoms with Crippen LogP contribution in [0.1, 0.15) is 13.3 Å². The smallest absolute Gasteiger partial charge is 0.307 e. The van der Waals surface area contributed by atoms with Crippen molar-refractivity contribution < 1.29 is 14.3 Å². The first-order valence-electron chi connectivity index (χ1n) is 5.85. The maximum Gasteiger partial charge on any atom is 0.307 e. The molecule has 1 amide bonds. The van der Waals surface area contributed by atoms with Crippen LogP contribution < -0.4 is 10.6 Å². The average Bonchev–Trinajstić information content (AvgIpc) is 2.37. The summed E-state index contributed by atoms with van der Waals surface area (Å²) >= 11 is 0. The van der Waals surface area contributed by atoms with E-state index in [1.165, 1.54) is 7.11 Å². The molecule has 6 heteroatoms. The van der Waals surface area contributed by atoms with E-state index in [1.54, 1.807) is 7.05 Å². The van der Waals surface area contributed by atoms with Gasteiger partial charge in [0.15, 0.2) is 0 Å². The fourth-order valence-electron chi connectivity index (χ4n) is 2.10. The van der Waals surface area contributed by atoms with E-state index in [9.17, 15) is 9.59 Å².